The summed E-state index contributed by atoms with van der Waals surface area (Å²) in [6.07, 6.45) is 5.09. The van der Waals surface area contributed by atoms with Gasteiger partial charge in [0.2, 0.25) is 5.89 Å². The first-order chi connectivity index (χ1) is 13.3. The van der Waals surface area contributed by atoms with Gasteiger partial charge >= 0.3 is 0 Å². The molecule has 1 unspecified atom stereocenters. The highest BCUT2D eigenvalue weighted by Crippen LogP contribution is 2.32. The van der Waals surface area contributed by atoms with Crippen molar-refractivity contribution in [2.45, 2.75) is 44.7 Å². The largest absolute Gasteiger partial charge is 0.338 e. The Labute approximate surface area is 159 Å². The van der Waals surface area contributed by atoms with Gasteiger partial charge in [0.15, 0.2) is 5.82 Å². The molecular formula is C22H24FN3O. The van der Waals surface area contributed by atoms with Gasteiger partial charge in [0.1, 0.15) is 5.82 Å². The van der Waals surface area contributed by atoms with Crippen molar-refractivity contribution in [3.8, 4) is 0 Å². The number of aromatic nitrogens is 2. The van der Waals surface area contributed by atoms with Gasteiger partial charge in [-0.05, 0) is 49.1 Å². The predicted octanol–water partition coefficient (Wildman–Crippen LogP) is 4.72. The van der Waals surface area contributed by atoms with Crippen molar-refractivity contribution in [3.63, 3.8) is 0 Å². The summed E-state index contributed by atoms with van der Waals surface area (Å²) < 4.78 is 18.7. The van der Waals surface area contributed by atoms with Crippen molar-refractivity contribution in [3.05, 3.63) is 83.3 Å². The summed E-state index contributed by atoms with van der Waals surface area (Å²) in [5, 5.41) is 4.14. The van der Waals surface area contributed by atoms with Gasteiger partial charge in [-0.2, -0.15) is 4.98 Å². The molecule has 1 fully saturated rings. The molecule has 1 atom stereocenters. The molecule has 1 aliphatic heterocycles. The van der Waals surface area contributed by atoms with Crippen molar-refractivity contribution in [1.29, 1.82) is 0 Å². The van der Waals surface area contributed by atoms with Crippen molar-refractivity contribution in [1.82, 2.24) is 15.0 Å². The molecule has 140 valence electrons. The standard InChI is InChI=1S/C22H24FN3O/c23-19-12-10-18(11-13-19)20-8-4-5-15-26(20)16-22-24-21(25-27-22)14-9-17-6-2-1-3-7-17/h1-3,6-7,10-13,20H,4-5,8-9,14-16H2. The fraction of sp³-hybridized carbons (Fsp3) is 0.364. The number of hydrogen-bond acceptors (Lipinski definition) is 4. The van der Waals surface area contributed by atoms with E-state index in [4.69, 9.17) is 4.52 Å². The van der Waals surface area contributed by atoms with Crippen LogP contribution in [0.5, 0.6) is 0 Å². The van der Waals surface area contributed by atoms with Gasteiger partial charge in [0.05, 0.1) is 6.54 Å². The zero-order valence-corrected chi connectivity index (χ0v) is 15.4. The Kier molecular flexibility index (Phi) is 5.58. The summed E-state index contributed by atoms with van der Waals surface area (Å²) in [6.45, 7) is 1.63. The maximum Gasteiger partial charge on any atom is 0.240 e. The first kappa shape index (κ1) is 17.9. The Morgan fingerprint density at radius 1 is 1.00 bits per heavy atom. The highest BCUT2D eigenvalue weighted by atomic mass is 19.1. The predicted molar refractivity (Wildman–Crippen MR) is 102 cm³/mol. The molecule has 0 N–H and O–H groups in total. The quantitative estimate of drug-likeness (QED) is 0.634. The number of piperidine rings is 1. The summed E-state index contributed by atoms with van der Waals surface area (Å²) in [7, 11) is 0. The lowest BCUT2D eigenvalue weighted by Gasteiger charge is -2.35. The minimum absolute atomic E-state index is 0.193. The van der Waals surface area contributed by atoms with Crippen LogP contribution in [0.2, 0.25) is 0 Å². The fourth-order valence-corrected chi connectivity index (χ4v) is 3.77. The summed E-state index contributed by atoms with van der Waals surface area (Å²) in [4.78, 5) is 6.95. The van der Waals surface area contributed by atoms with Crippen LogP contribution in [0.4, 0.5) is 4.39 Å². The lowest BCUT2D eigenvalue weighted by atomic mass is 9.95. The third-order valence-electron chi connectivity index (χ3n) is 5.20. The highest BCUT2D eigenvalue weighted by Gasteiger charge is 2.25. The second kappa shape index (κ2) is 8.44. The van der Waals surface area contributed by atoms with E-state index in [1.54, 1.807) is 0 Å². The zero-order chi connectivity index (χ0) is 18.5. The molecule has 1 aromatic heterocycles. The van der Waals surface area contributed by atoms with Crippen molar-refractivity contribution in [2.24, 2.45) is 0 Å². The zero-order valence-electron chi connectivity index (χ0n) is 15.4. The number of rotatable bonds is 6. The monoisotopic (exact) mass is 365 g/mol. The van der Waals surface area contributed by atoms with Crippen LogP contribution in [-0.4, -0.2) is 21.6 Å². The average molecular weight is 365 g/mol. The van der Waals surface area contributed by atoms with E-state index in [0.717, 1.165) is 43.6 Å². The number of halogens is 1. The third kappa shape index (κ3) is 4.61. The molecule has 0 aliphatic carbocycles. The third-order valence-corrected chi connectivity index (χ3v) is 5.20. The molecule has 0 bridgehead atoms. The van der Waals surface area contributed by atoms with Crippen LogP contribution in [0.25, 0.3) is 0 Å². The van der Waals surface area contributed by atoms with E-state index in [2.05, 4.69) is 27.2 Å². The van der Waals surface area contributed by atoms with Crippen molar-refractivity contribution in [2.75, 3.05) is 6.54 Å². The van der Waals surface area contributed by atoms with E-state index < -0.39 is 0 Å². The van der Waals surface area contributed by atoms with Crippen LogP contribution in [0.1, 0.15) is 48.1 Å². The summed E-state index contributed by atoms with van der Waals surface area (Å²) in [5.74, 6) is 1.22. The summed E-state index contributed by atoms with van der Waals surface area (Å²) in [5.41, 5.74) is 2.43. The SMILES string of the molecule is Fc1ccc(C2CCCCN2Cc2nc(CCc3ccccc3)no2)cc1. The van der Waals surface area contributed by atoms with Crippen LogP contribution in [-0.2, 0) is 19.4 Å². The fourth-order valence-electron chi connectivity index (χ4n) is 3.77. The molecule has 0 saturated carbocycles. The van der Waals surface area contributed by atoms with Gasteiger partial charge in [0, 0.05) is 12.5 Å². The van der Waals surface area contributed by atoms with Crippen molar-refractivity contribution >= 4 is 0 Å². The van der Waals surface area contributed by atoms with E-state index in [0.29, 0.717) is 12.4 Å². The molecule has 5 heteroatoms. The summed E-state index contributed by atoms with van der Waals surface area (Å²) >= 11 is 0. The topological polar surface area (TPSA) is 42.2 Å². The van der Waals surface area contributed by atoms with E-state index in [1.165, 1.54) is 24.1 Å². The first-order valence-corrected chi connectivity index (χ1v) is 9.63. The van der Waals surface area contributed by atoms with Crippen molar-refractivity contribution < 1.29 is 8.91 Å². The highest BCUT2D eigenvalue weighted by molar-refractivity contribution is 5.20. The van der Waals surface area contributed by atoms with Gasteiger partial charge in [-0.1, -0.05) is 54.0 Å². The Balaban J connectivity index is 1.40. The first-order valence-electron chi connectivity index (χ1n) is 9.63. The number of aryl methyl sites for hydroxylation is 2. The van der Waals surface area contributed by atoms with Gasteiger partial charge in [-0.3, -0.25) is 4.90 Å². The van der Waals surface area contributed by atoms with Crippen LogP contribution >= 0.6 is 0 Å². The molecule has 2 heterocycles. The molecule has 3 aromatic rings. The lowest BCUT2D eigenvalue weighted by molar-refractivity contribution is 0.124. The smallest absolute Gasteiger partial charge is 0.240 e. The maximum atomic E-state index is 13.2. The second-order valence-corrected chi connectivity index (χ2v) is 7.12. The molecule has 1 aliphatic rings. The molecule has 1 saturated heterocycles. The van der Waals surface area contributed by atoms with E-state index in [1.807, 2.05) is 30.3 Å². The van der Waals surface area contributed by atoms with Gasteiger partial charge in [0.25, 0.3) is 0 Å². The van der Waals surface area contributed by atoms with Crippen LogP contribution in [0.15, 0.2) is 59.1 Å². The molecular weight excluding hydrogens is 341 g/mol. The van der Waals surface area contributed by atoms with Gasteiger partial charge in [-0.25, -0.2) is 4.39 Å². The number of likely N-dealkylation sites (tertiary alicyclic amines) is 1. The molecule has 0 spiro atoms. The molecule has 2 aromatic carbocycles. The average Bonchev–Trinajstić information content (AvgIpc) is 3.16. The minimum Gasteiger partial charge on any atom is -0.338 e. The molecule has 4 rings (SSSR count). The van der Waals surface area contributed by atoms with Gasteiger partial charge < -0.3 is 4.52 Å². The number of benzene rings is 2. The Morgan fingerprint density at radius 3 is 2.63 bits per heavy atom. The lowest BCUT2D eigenvalue weighted by Crippen LogP contribution is -2.33. The van der Waals surface area contributed by atoms with E-state index >= 15 is 0 Å². The van der Waals surface area contributed by atoms with Crippen LogP contribution < -0.4 is 0 Å². The second-order valence-electron chi connectivity index (χ2n) is 7.12. The maximum absolute atomic E-state index is 13.2. The molecule has 0 amide bonds. The summed E-state index contributed by atoms with van der Waals surface area (Å²) in [6, 6.07) is 17.5. The minimum atomic E-state index is -0.193. The molecule has 0 radical (unpaired) electrons. The van der Waals surface area contributed by atoms with E-state index in [-0.39, 0.29) is 11.9 Å². The number of hydrogen-bond donors (Lipinski definition) is 0. The normalized spacial score (nSPS) is 17.9. The van der Waals surface area contributed by atoms with Crippen LogP contribution in [0, 0.1) is 5.82 Å². The Hall–Kier alpha value is -2.53. The Bertz CT molecular complexity index is 848. The van der Waals surface area contributed by atoms with Crippen LogP contribution in [0.3, 0.4) is 0 Å². The van der Waals surface area contributed by atoms with Gasteiger partial charge in [-0.15, -0.1) is 0 Å². The Morgan fingerprint density at radius 2 is 1.81 bits per heavy atom. The van der Waals surface area contributed by atoms with E-state index in [9.17, 15) is 4.39 Å². The number of nitrogens with zero attached hydrogens (tertiary/aromatic N) is 3. The molecule has 4 nitrogen and oxygen atoms in total. The molecule has 27 heavy (non-hydrogen) atoms.